The van der Waals surface area contributed by atoms with Crippen molar-refractivity contribution in [3.8, 4) is 28.0 Å². The lowest BCUT2D eigenvalue weighted by Gasteiger charge is -2.07. The highest BCUT2D eigenvalue weighted by Gasteiger charge is 2.01. The zero-order valence-electron chi connectivity index (χ0n) is 14.2. The van der Waals surface area contributed by atoms with Gasteiger partial charge in [-0.1, -0.05) is 80.4 Å². The first kappa shape index (κ1) is 16.3. The Hall–Kier alpha value is -2.54. The Kier molecular flexibility index (Phi) is 5.32. The van der Waals surface area contributed by atoms with Gasteiger partial charge in [-0.15, -0.1) is 0 Å². The number of aromatic hydroxyl groups is 1. The van der Waals surface area contributed by atoms with Gasteiger partial charge >= 0.3 is 0 Å². The van der Waals surface area contributed by atoms with Crippen LogP contribution in [0.4, 0.5) is 0 Å². The molecule has 0 unspecified atom stereocenters. The number of hydrogen-bond acceptors (Lipinski definition) is 1. The highest BCUT2D eigenvalue weighted by Crippen LogP contribution is 2.26. The topological polar surface area (TPSA) is 20.2 Å². The summed E-state index contributed by atoms with van der Waals surface area (Å²) in [6.07, 6.45) is 5.02. The highest BCUT2D eigenvalue weighted by molar-refractivity contribution is 5.70. The van der Waals surface area contributed by atoms with E-state index < -0.39 is 0 Å². The molecule has 0 atom stereocenters. The molecule has 1 heteroatoms. The zero-order valence-corrected chi connectivity index (χ0v) is 14.2. The Morgan fingerprint density at radius 3 is 1.46 bits per heavy atom. The molecular formula is C23H24O. The van der Waals surface area contributed by atoms with Crippen molar-refractivity contribution in [3.63, 3.8) is 0 Å². The summed E-state index contributed by atoms with van der Waals surface area (Å²) in [6.45, 7) is 2.24. The lowest BCUT2D eigenvalue weighted by molar-refractivity contribution is 0.475. The van der Waals surface area contributed by atoms with Gasteiger partial charge in [0.1, 0.15) is 5.75 Å². The van der Waals surface area contributed by atoms with Gasteiger partial charge in [0.05, 0.1) is 0 Å². The molecule has 0 aliphatic carbocycles. The maximum atomic E-state index is 9.39. The minimum atomic E-state index is 0.300. The van der Waals surface area contributed by atoms with Crippen LogP contribution in [0.15, 0.2) is 72.8 Å². The molecule has 0 fully saturated rings. The zero-order chi connectivity index (χ0) is 16.8. The third-order valence-electron chi connectivity index (χ3n) is 4.44. The molecule has 24 heavy (non-hydrogen) atoms. The third kappa shape index (κ3) is 4.05. The van der Waals surface area contributed by atoms with Gasteiger partial charge in [0, 0.05) is 0 Å². The van der Waals surface area contributed by atoms with Crippen LogP contribution < -0.4 is 0 Å². The second kappa shape index (κ2) is 7.83. The van der Waals surface area contributed by atoms with Gasteiger partial charge < -0.3 is 5.11 Å². The van der Waals surface area contributed by atoms with E-state index in [-0.39, 0.29) is 0 Å². The van der Waals surface area contributed by atoms with Crippen molar-refractivity contribution in [3.05, 3.63) is 78.4 Å². The smallest absolute Gasteiger partial charge is 0.115 e. The van der Waals surface area contributed by atoms with Crippen LogP contribution in [-0.2, 0) is 6.42 Å². The maximum absolute atomic E-state index is 9.39. The normalized spacial score (nSPS) is 10.7. The number of benzene rings is 3. The van der Waals surface area contributed by atoms with E-state index in [2.05, 4.69) is 55.5 Å². The minimum absolute atomic E-state index is 0.300. The lowest BCUT2D eigenvalue weighted by Crippen LogP contribution is -1.86. The molecule has 0 spiro atoms. The minimum Gasteiger partial charge on any atom is -0.508 e. The van der Waals surface area contributed by atoms with Crippen LogP contribution >= 0.6 is 0 Å². The maximum Gasteiger partial charge on any atom is 0.115 e. The molecule has 0 saturated heterocycles. The fourth-order valence-electron chi connectivity index (χ4n) is 2.95. The van der Waals surface area contributed by atoms with Gasteiger partial charge in [-0.05, 0) is 52.8 Å². The van der Waals surface area contributed by atoms with E-state index in [4.69, 9.17) is 0 Å². The first-order valence-corrected chi connectivity index (χ1v) is 8.75. The second-order valence-corrected chi connectivity index (χ2v) is 6.28. The van der Waals surface area contributed by atoms with Crippen molar-refractivity contribution in [2.24, 2.45) is 0 Å². The molecule has 0 saturated carbocycles. The van der Waals surface area contributed by atoms with Gasteiger partial charge in [0.2, 0.25) is 0 Å². The van der Waals surface area contributed by atoms with Crippen LogP contribution in [0.1, 0.15) is 31.7 Å². The summed E-state index contributed by atoms with van der Waals surface area (Å²) in [6, 6.07) is 24.9. The summed E-state index contributed by atoms with van der Waals surface area (Å²) in [5.74, 6) is 0.300. The molecule has 0 aliphatic heterocycles. The Morgan fingerprint density at radius 1 is 0.583 bits per heavy atom. The van der Waals surface area contributed by atoms with Crippen LogP contribution in [-0.4, -0.2) is 5.11 Å². The second-order valence-electron chi connectivity index (χ2n) is 6.28. The highest BCUT2D eigenvalue weighted by atomic mass is 16.3. The van der Waals surface area contributed by atoms with Crippen molar-refractivity contribution in [2.45, 2.75) is 32.6 Å². The van der Waals surface area contributed by atoms with Gasteiger partial charge in [-0.2, -0.15) is 0 Å². The van der Waals surface area contributed by atoms with Gasteiger partial charge in [-0.3, -0.25) is 0 Å². The fraction of sp³-hybridized carbons (Fsp3) is 0.217. The predicted molar refractivity (Wildman–Crippen MR) is 102 cm³/mol. The third-order valence-corrected chi connectivity index (χ3v) is 4.44. The van der Waals surface area contributed by atoms with Gasteiger partial charge in [0.25, 0.3) is 0 Å². The number of rotatable bonds is 6. The Balaban J connectivity index is 1.72. The van der Waals surface area contributed by atoms with Crippen LogP contribution in [0, 0.1) is 0 Å². The first-order chi connectivity index (χ1) is 11.8. The number of hydrogen-bond donors (Lipinski definition) is 1. The molecule has 3 aromatic carbocycles. The van der Waals surface area contributed by atoms with Crippen LogP contribution in [0.2, 0.25) is 0 Å². The fourth-order valence-corrected chi connectivity index (χ4v) is 2.95. The van der Waals surface area contributed by atoms with E-state index in [9.17, 15) is 5.11 Å². The molecule has 0 aliphatic rings. The molecule has 1 nitrogen and oxygen atoms in total. The Labute approximate surface area is 144 Å². The summed E-state index contributed by atoms with van der Waals surface area (Å²) in [7, 11) is 0. The van der Waals surface area contributed by atoms with E-state index >= 15 is 0 Å². The predicted octanol–water partition coefficient (Wildman–Crippen LogP) is 6.46. The summed E-state index contributed by atoms with van der Waals surface area (Å²) in [5, 5.41) is 9.39. The average molecular weight is 316 g/mol. The summed E-state index contributed by atoms with van der Waals surface area (Å²) in [4.78, 5) is 0. The molecule has 3 rings (SSSR count). The molecule has 3 aromatic rings. The van der Waals surface area contributed by atoms with Crippen LogP contribution in [0.5, 0.6) is 5.75 Å². The molecule has 0 aromatic heterocycles. The van der Waals surface area contributed by atoms with E-state index in [0.29, 0.717) is 5.75 Å². The standard InChI is InChI=1S/C23H24O/c1-2-3-4-5-18-6-8-19(9-7-18)20-10-12-21(13-11-20)22-14-16-23(24)17-15-22/h6-17,24H,2-5H2,1H3. The molecule has 0 heterocycles. The van der Waals surface area contributed by atoms with Crippen molar-refractivity contribution >= 4 is 0 Å². The quantitative estimate of drug-likeness (QED) is 0.517. The summed E-state index contributed by atoms with van der Waals surface area (Å²) >= 11 is 0. The summed E-state index contributed by atoms with van der Waals surface area (Å²) < 4.78 is 0. The number of phenolic OH excluding ortho intramolecular Hbond substituents is 1. The molecule has 0 bridgehead atoms. The monoisotopic (exact) mass is 316 g/mol. The molecule has 0 radical (unpaired) electrons. The van der Waals surface area contributed by atoms with Crippen molar-refractivity contribution in [1.29, 1.82) is 0 Å². The lowest BCUT2D eigenvalue weighted by atomic mass is 9.98. The largest absolute Gasteiger partial charge is 0.508 e. The van der Waals surface area contributed by atoms with E-state index in [0.717, 1.165) is 11.1 Å². The van der Waals surface area contributed by atoms with E-state index in [1.54, 1.807) is 12.1 Å². The first-order valence-electron chi connectivity index (χ1n) is 8.75. The Bertz CT molecular complexity index is 753. The average Bonchev–Trinajstić information content (AvgIpc) is 2.63. The van der Waals surface area contributed by atoms with Gasteiger partial charge in [0.15, 0.2) is 0 Å². The van der Waals surface area contributed by atoms with Crippen molar-refractivity contribution in [2.75, 3.05) is 0 Å². The number of aryl methyl sites for hydroxylation is 1. The molecule has 1 N–H and O–H groups in total. The van der Waals surface area contributed by atoms with E-state index in [1.807, 2.05) is 12.1 Å². The number of phenols is 1. The number of unbranched alkanes of at least 4 members (excludes halogenated alkanes) is 2. The summed E-state index contributed by atoms with van der Waals surface area (Å²) in [5.41, 5.74) is 6.19. The van der Waals surface area contributed by atoms with Gasteiger partial charge in [-0.25, -0.2) is 0 Å². The van der Waals surface area contributed by atoms with Crippen LogP contribution in [0.3, 0.4) is 0 Å². The van der Waals surface area contributed by atoms with Crippen molar-refractivity contribution < 1.29 is 5.11 Å². The SMILES string of the molecule is CCCCCc1ccc(-c2ccc(-c3ccc(O)cc3)cc2)cc1. The van der Waals surface area contributed by atoms with Crippen molar-refractivity contribution in [1.82, 2.24) is 0 Å². The molecule has 0 amide bonds. The van der Waals surface area contributed by atoms with Crippen LogP contribution in [0.25, 0.3) is 22.3 Å². The molecular weight excluding hydrogens is 292 g/mol. The Morgan fingerprint density at radius 2 is 1.00 bits per heavy atom. The van der Waals surface area contributed by atoms with E-state index in [1.165, 1.54) is 42.4 Å². The molecule has 122 valence electrons.